The third-order valence-corrected chi connectivity index (χ3v) is 2.29. The molecule has 1 amide bonds. The average molecular weight is 188 g/mol. The standard InChI is InChI=1S/C7H14NO3Si/c1-6(9)8(4-7(10)11)5-12(2)3/h4-5H2,1-3H3,(H,10,11). The molecular weight excluding hydrogens is 174 g/mol. The van der Waals surface area contributed by atoms with Crippen LogP contribution in [-0.4, -0.2) is 43.4 Å². The molecule has 4 nitrogen and oxygen atoms in total. The Labute approximate surface area is 73.8 Å². The highest BCUT2D eigenvalue weighted by Crippen LogP contribution is 1.92. The van der Waals surface area contributed by atoms with Crippen LogP contribution in [0.3, 0.4) is 0 Å². The lowest BCUT2D eigenvalue weighted by molar-refractivity contribution is -0.143. The lowest BCUT2D eigenvalue weighted by Crippen LogP contribution is -2.39. The topological polar surface area (TPSA) is 57.6 Å². The molecule has 0 aliphatic carbocycles. The Hall–Kier alpha value is -0.843. The number of nitrogens with zero attached hydrogens (tertiary/aromatic N) is 1. The van der Waals surface area contributed by atoms with Crippen molar-refractivity contribution in [1.82, 2.24) is 4.90 Å². The number of rotatable bonds is 4. The van der Waals surface area contributed by atoms with Gasteiger partial charge in [-0.15, -0.1) is 0 Å². The first kappa shape index (κ1) is 11.2. The van der Waals surface area contributed by atoms with Crippen LogP contribution in [0.25, 0.3) is 0 Å². The van der Waals surface area contributed by atoms with Gasteiger partial charge in [-0.3, -0.25) is 9.59 Å². The zero-order chi connectivity index (χ0) is 9.72. The first-order valence-electron chi connectivity index (χ1n) is 3.70. The fourth-order valence-electron chi connectivity index (χ4n) is 0.824. The molecule has 0 aromatic rings. The van der Waals surface area contributed by atoms with Crippen LogP contribution in [0.15, 0.2) is 0 Å². The molecular formula is C7H14NO3Si. The summed E-state index contributed by atoms with van der Waals surface area (Å²) in [5.41, 5.74) is 0. The fourth-order valence-corrected chi connectivity index (χ4v) is 1.92. The molecule has 12 heavy (non-hydrogen) atoms. The van der Waals surface area contributed by atoms with E-state index in [9.17, 15) is 9.59 Å². The smallest absolute Gasteiger partial charge is 0.323 e. The molecule has 0 spiro atoms. The largest absolute Gasteiger partial charge is 0.480 e. The highest BCUT2D eigenvalue weighted by atomic mass is 28.3. The molecule has 0 saturated heterocycles. The fraction of sp³-hybridized carbons (Fsp3) is 0.714. The van der Waals surface area contributed by atoms with Crippen molar-refractivity contribution in [1.29, 1.82) is 0 Å². The molecule has 69 valence electrons. The van der Waals surface area contributed by atoms with E-state index in [2.05, 4.69) is 0 Å². The number of carboxylic acids is 1. The minimum Gasteiger partial charge on any atom is -0.480 e. The zero-order valence-corrected chi connectivity index (χ0v) is 8.63. The number of hydrogen-bond acceptors (Lipinski definition) is 2. The second kappa shape index (κ2) is 4.92. The van der Waals surface area contributed by atoms with Gasteiger partial charge in [0.05, 0.1) is 8.80 Å². The van der Waals surface area contributed by atoms with E-state index in [4.69, 9.17) is 5.11 Å². The van der Waals surface area contributed by atoms with Crippen LogP contribution in [0.4, 0.5) is 0 Å². The van der Waals surface area contributed by atoms with Crippen LogP contribution < -0.4 is 0 Å². The summed E-state index contributed by atoms with van der Waals surface area (Å²) in [6.45, 7) is 5.31. The van der Waals surface area contributed by atoms with Crippen molar-refractivity contribution in [2.24, 2.45) is 0 Å². The predicted molar refractivity (Wildman–Crippen MR) is 47.4 cm³/mol. The molecule has 0 aromatic heterocycles. The second-order valence-electron chi connectivity index (χ2n) is 2.98. The SMILES string of the molecule is CC(=O)N(CC(=O)O)C[Si](C)C. The van der Waals surface area contributed by atoms with Crippen molar-refractivity contribution in [3.63, 3.8) is 0 Å². The molecule has 0 bridgehead atoms. The van der Waals surface area contributed by atoms with Crippen molar-refractivity contribution in [2.75, 3.05) is 12.7 Å². The molecule has 1 N–H and O–H groups in total. The van der Waals surface area contributed by atoms with E-state index in [0.29, 0.717) is 6.17 Å². The highest BCUT2D eigenvalue weighted by molar-refractivity contribution is 6.56. The highest BCUT2D eigenvalue weighted by Gasteiger charge is 2.13. The van der Waals surface area contributed by atoms with E-state index in [0.717, 1.165) is 0 Å². The minimum atomic E-state index is -0.951. The van der Waals surface area contributed by atoms with E-state index < -0.39 is 14.8 Å². The predicted octanol–water partition coefficient (Wildman–Crippen LogP) is 0.213. The van der Waals surface area contributed by atoms with Crippen molar-refractivity contribution in [2.45, 2.75) is 20.0 Å². The van der Waals surface area contributed by atoms with Crippen molar-refractivity contribution in [3.8, 4) is 0 Å². The number of hydrogen-bond donors (Lipinski definition) is 1. The maximum Gasteiger partial charge on any atom is 0.323 e. The van der Waals surface area contributed by atoms with E-state index in [-0.39, 0.29) is 12.5 Å². The molecule has 0 rings (SSSR count). The van der Waals surface area contributed by atoms with Gasteiger partial charge in [0.15, 0.2) is 0 Å². The molecule has 0 unspecified atom stereocenters. The van der Waals surface area contributed by atoms with Gasteiger partial charge in [0.2, 0.25) is 5.91 Å². The number of carboxylic acid groups (broad SMARTS) is 1. The molecule has 0 saturated carbocycles. The van der Waals surface area contributed by atoms with Gasteiger partial charge in [0.1, 0.15) is 6.54 Å². The third-order valence-electron chi connectivity index (χ3n) is 1.28. The van der Waals surface area contributed by atoms with Crippen LogP contribution in [-0.2, 0) is 9.59 Å². The van der Waals surface area contributed by atoms with E-state index in [1.165, 1.54) is 11.8 Å². The Balaban J connectivity index is 4.04. The lowest BCUT2D eigenvalue weighted by Gasteiger charge is -2.19. The summed E-state index contributed by atoms with van der Waals surface area (Å²) in [6, 6.07) is 0. The van der Waals surface area contributed by atoms with Gasteiger partial charge in [0.25, 0.3) is 0 Å². The Morgan fingerprint density at radius 3 is 2.17 bits per heavy atom. The van der Waals surface area contributed by atoms with Gasteiger partial charge in [-0.05, 0) is 0 Å². The zero-order valence-electron chi connectivity index (χ0n) is 7.63. The molecule has 0 fully saturated rings. The van der Waals surface area contributed by atoms with Gasteiger partial charge in [-0.25, -0.2) is 0 Å². The van der Waals surface area contributed by atoms with Crippen LogP contribution in [0.5, 0.6) is 0 Å². The number of carbonyl (C=O) groups excluding carboxylic acids is 1. The maximum absolute atomic E-state index is 10.9. The summed E-state index contributed by atoms with van der Waals surface area (Å²) < 4.78 is 0. The molecule has 1 radical (unpaired) electrons. The Bertz CT molecular complexity index is 181. The summed E-state index contributed by atoms with van der Waals surface area (Å²) in [7, 11) is -0.581. The van der Waals surface area contributed by atoms with Crippen LogP contribution in [0.1, 0.15) is 6.92 Å². The van der Waals surface area contributed by atoms with Crippen molar-refractivity contribution < 1.29 is 14.7 Å². The first-order valence-corrected chi connectivity index (χ1v) is 6.40. The summed E-state index contributed by atoms with van der Waals surface area (Å²) >= 11 is 0. The van der Waals surface area contributed by atoms with E-state index in [1.54, 1.807) is 0 Å². The lowest BCUT2D eigenvalue weighted by atomic mass is 10.5. The minimum absolute atomic E-state index is 0.163. The van der Waals surface area contributed by atoms with Gasteiger partial charge >= 0.3 is 5.97 Å². The first-order chi connectivity index (χ1) is 5.43. The second-order valence-corrected chi connectivity index (χ2v) is 5.71. The number of carbonyl (C=O) groups is 2. The molecule has 5 heteroatoms. The quantitative estimate of drug-likeness (QED) is 0.642. The molecule has 0 aliphatic rings. The molecule has 0 heterocycles. The van der Waals surface area contributed by atoms with Crippen molar-refractivity contribution >= 4 is 20.7 Å². The van der Waals surface area contributed by atoms with Gasteiger partial charge in [0, 0.05) is 13.1 Å². The van der Waals surface area contributed by atoms with E-state index >= 15 is 0 Å². The van der Waals surface area contributed by atoms with Gasteiger partial charge in [-0.1, -0.05) is 13.1 Å². The Kier molecular flexibility index (Phi) is 4.57. The maximum atomic E-state index is 10.9. The normalized spacial score (nSPS) is 10.0. The Morgan fingerprint density at radius 2 is 1.92 bits per heavy atom. The monoisotopic (exact) mass is 188 g/mol. The molecule has 0 aromatic carbocycles. The van der Waals surface area contributed by atoms with Crippen LogP contribution >= 0.6 is 0 Å². The molecule has 0 atom stereocenters. The molecule has 0 aliphatic heterocycles. The van der Waals surface area contributed by atoms with Crippen LogP contribution in [0.2, 0.25) is 13.1 Å². The summed E-state index contributed by atoms with van der Waals surface area (Å²) in [5, 5.41) is 8.46. The van der Waals surface area contributed by atoms with Gasteiger partial charge < -0.3 is 10.0 Å². The van der Waals surface area contributed by atoms with Crippen molar-refractivity contribution in [3.05, 3.63) is 0 Å². The third kappa shape index (κ3) is 4.89. The van der Waals surface area contributed by atoms with Gasteiger partial charge in [-0.2, -0.15) is 0 Å². The Morgan fingerprint density at radius 1 is 1.42 bits per heavy atom. The van der Waals surface area contributed by atoms with E-state index in [1.807, 2.05) is 13.1 Å². The summed E-state index contributed by atoms with van der Waals surface area (Å²) in [6.07, 6.45) is 0.603. The van der Waals surface area contributed by atoms with Crippen LogP contribution in [0, 0.1) is 0 Å². The summed E-state index contributed by atoms with van der Waals surface area (Å²) in [5.74, 6) is -1.11. The number of aliphatic carboxylic acids is 1. The number of amides is 1. The summed E-state index contributed by atoms with van der Waals surface area (Å²) in [4.78, 5) is 22.6. The average Bonchev–Trinajstić information content (AvgIpc) is 1.83.